The van der Waals surface area contributed by atoms with Crippen molar-refractivity contribution >= 4 is 5.97 Å². The van der Waals surface area contributed by atoms with Gasteiger partial charge in [0.1, 0.15) is 0 Å². The van der Waals surface area contributed by atoms with Crippen molar-refractivity contribution in [3.8, 4) is 11.1 Å². The number of hydrogen-bond donors (Lipinski definition) is 2. The van der Waals surface area contributed by atoms with Crippen molar-refractivity contribution in [2.75, 3.05) is 0 Å². The molecule has 2 aromatic rings. The molecule has 0 fully saturated rings. The highest BCUT2D eigenvalue weighted by Crippen LogP contribution is 2.18. The average Bonchev–Trinajstić information content (AvgIpc) is 2.49. The van der Waals surface area contributed by atoms with Gasteiger partial charge in [-0.25, -0.2) is 4.79 Å². The number of hydrogen-bond acceptors (Lipinski definition) is 2. The van der Waals surface area contributed by atoms with Gasteiger partial charge in [0.05, 0.1) is 6.61 Å². The lowest BCUT2D eigenvalue weighted by molar-refractivity contribution is -0.132. The van der Waals surface area contributed by atoms with Crippen molar-refractivity contribution in [2.24, 2.45) is 0 Å². The molecule has 2 aromatic carbocycles. The summed E-state index contributed by atoms with van der Waals surface area (Å²) >= 11 is 0. The van der Waals surface area contributed by atoms with Crippen LogP contribution in [0.5, 0.6) is 0 Å². The normalized spacial score (nSPS) is 9.30. The lowest BCUT2D eigenvalue weighted by Crippen LogP contribution is -1.92. The third-order valence-corrected chi connectivity index (χ3v) is 2.61. The first kappa shape index (κ1) is 15.7. The van der Waals surface area contributed by atoms with E-state index in [1.54, 1.807) is 0 Å². The summed E-state index contributed by atoms with van der Waals surface area (Å²) in [4.78, 5) is 9.60. The number of aliphatic carboxylic acids is 1. The summed E-state index contributed by atoms with van der Waals surface area (Å²) in [5.41, 5.74) is 3.51. The lowest BCUT2D eigenvalue weighted by atomic mass is 10.0. The lowest BCUT2D eigenvalue weighted by Gasteiger charge is -2.01. The SMILES string of the molecule is C=C(C)C(=O)O.OCc1ccc(-c2ccccc2)cc1. The van der Waals surface area contributed by atoms with Crippen molar-refractivity contribution in [3.63, 3.8) is 0 Å². The summed E-state index contributed by atoms with van der Waals surface area (Å²) in [5.74, 6) is -0.935. The van der Waals surface area contributed by atoms with Crippen molar-refractivity contribution in [1.82, 2.24) is 0 Å². The molecular formula is C17H18O3. The molecule has 0 saturated carbocycles. The molecular weight excluding hydrogens is 252 g/mol. The van der Waals surface area contributed by atoms with Crippen LogP contribution in [0.25, 0.3) is 11.1 Å². The van der Waals surface area contributed by atoms with Crippen molar-refractivity contribution in [2.45, 2.75) is 13.5 Å². The van der Waals surface area contributed by atoms with Gasteiger partial charge in [-0.15, -0.1) is 0 Å². The zero-order valence-electron chi connectivity index (χ0n) is 11.4. The van der Waals surface area contributed by atoms with Gasteiger partial charge >= 0.3 is 5.97 Å². The topological polar surface area (TPSA) is 57.5 Å². The standard InChI is InChI=1S/C13H12O.C4H6O2/c14-10-11-6-8-13(9-7-11)12-4-2-1-3-5-12;1-3(2)4(5)6/h1-9,14H,10H2;1H2,2H3,(H,5,6). The van der Waals surface area contributed by atoms with E-state index in [1.807, 2.05) is 42.5 Å². The largest absolute Gasteiger partial charge is 0.478 e. The Morgan fingerprint density at radius 3 is 1.85 bits per heavy atom. The van der Waals surface area contributed by atoms with Gasteiger partial charge in [-0.05, 0) is 23.6 Å². The fourth-order valence-corrected chi connectivity index (χ4v) is 1.43. The van der Waals surface area contributed by atoms with E-state index in [-0.39, 0.29) is 12.2 Å². The fourth-order valence-electron chi connectivity index (χ4n) is 1.43. The van der Waals surface area contributed by atoms with Crippen LogP contribution in [0, 0.1) is 0 Å². The number of aliphatic hydroxyl groups excluding tert-OH is 1. The van der Waals surface area contributed by atoms with Crippen LogP contribution < -0.4 is 0 Å². The summed E-state index contributed by atoms with van der Waals surface area (Å²) in [6, 6.07) is 18.2. The van der Waals surface area contributed by atoms with E-state index in [1.165, 1.54) is 18.1 Å². The quantitative estimate of drug-likeness (QED) is 0.839. The Labute approximate surface area is 118 Å². The second-order valence-corrected chi connectivity index (χ2v) is 4.31. The molecule has 0 spiro atoms. The Kier molecular flexibility index (Phi) is 6.20. The molecule has 0 unspecified atom stereocenters. The summed E-state index contributed by atoms with van der Waals surface area (Å²) < 4.78 is 0. The Morgan fingerprint density at radius 2 is 1.45 bits per heavy atom. The number of carboxylic acid groups (broad SMARTS) is 1. The van der Waals surface area contributed by atoms with Crippen molar-refractivity contribution in [3.05, 3.63) is 72.3 Å². The van der Waals surface area contributed by atoms with Gasteiger partial charge in [0.25, 0.3) is 0 Å². The van der Waals surface area contributed by atoms with E-state index in [0.29, 0.717) is 0 Å². The van der Waals surface area contributed by atoms with E-state index in [2.05, 4.69) is 18.7 Å². The highest BCUT2D eigenvalue weighted by atomic mass is 16.4. The molecule has 0 atom stereocenters. The molecule has 0 saturated heterocycles. The van der Waals surface area contributed by atoms with Gasteiger partial charge in [0.15, 0.2) is 0 Å². The third-order valence-electron chi connectivity index (χ3n) is 2.61. The van der Waals surface area contributed by atoms with Crippen LogP contribution in [0.1, 0.15) is 12.5 Å². The van der Waals surface area contributed by atoms with Gasteiger partial charge in [-0.3, -0.25) is 0 Å². The molecule has 20 heavy (non-hydrogen) atoms. The zero-order chi connectivity index (χ0) is 15.0. The number of carboxylic acids is 1. The van der Waals surface area contributed by atoms with Crippen LogP contribution >= 0.6 is 0 Å². The number of aliphatic hydroxyl groups is 1. The first-order valence-electron chi connectivity index (χ1n) is 6.18. The van der Waals surface area contributed by atoms with Gasteiger partial charge in [-0.2, -0.15) is 0 Å². The first-order chi connectivity index (χ1) is 9.54. The highest BCUT2D eigenvalue weighted by Gasteiger charge is 1.95. The molecule has 2 N–H and O–H groups in total. The Bertz CT molecular complexity index is 545. The maximum Gasteiger partial charge on any atom is 0.330 e. The summed E-state index contributed by atoms with van der Waals surface area (Å²) in [5, 5.41) is 16.8. The van der Waals surface area contributed by atoms with E-state index in [9.17, 15) is 4.79 Å². The van der Waals surface area contributed by atoms with E-state index in [0.717, 1.165) is 5.56 Å². The molecule has 0 aromatic heterocycles. The minimum atomic E-state index is -0.935. The molecule has 0 aliphatic carbocycles. The predicted molar refractivity (Wildman–Crippen MR) is 80.3 cm³/mol. The first-order valence-corrected chi connectivity index (χ1v) is 6.18. The maximum absolute atomic E-state index is 9.60. The Balaban J connectivity index is 0.000000286. The van der Waals surface area contributed by atoms with Crippen LogP contribution in [-0.4, -0.2) is 16.2 Å². The molecule has 3 heteroatoms. The third kappa shape index (κ3) is 5.08. The minimum Gasteiger partial charge on any atom is -0.478 e. The molecule has 0 aliphatic heterocycles. The van der Waals surface area contributed by atoms with Crippen molar-refractivity contribution in [1.29, 1.82) is 0 Å². The zero-order valence-corrected chi connectivity index (χ0v) is 11.4. The predicted octanol–water partition coefficient (Wildman–Crippen LogP) is 3.49. The van der Waals surface area contributed by atoms with E-state index < -0.39 is 5.97 Å². The summed E-state index contributed by atoms with van der Waals surface area (Å²) in [6.07, 6.45) is 0. The van der Waals surface area contributed by atoms with Crippen LogP contribution in [0.3, 0.4) is 0 Å². The summed E-state index contributed by atoms with van der Waals surface area (Å²) in [7, 11) is 0. The molecule has 0 bridgehead atoms. The monoisotopic (exact) mass is 270 g/mol. The molecule has 104 valence electrons. The van der Waals surface area contributed by atoms with Gasteiger partial charge in [0.2, 0.25) is 0 Å². The minimum absolute atomic E-state index is 0.106. The summed E-state index contributed by atoms with van der Waals surface area (Å²) in [6.45, 7) is 4.71. The van der Waals surface area contributed by atoms with Crippen molar-refractivity contribution < 1.29 is 15.0 Å². The van der Waals surface area contributed by atoms with Gasteiger partial charge in [0, 0.05) is 5.57 Å². The molecule has 0 aliphatic rings. The molecule has 0 amide bonds. The maximum atomic E-state index is 9.60. The smallest absolute Gasteiger partial charge is 0.330 e. The molecule has 3 nitrogen and oxygen atoms in total. The van der Waals surface area contributed by atoms with Gasteiger partial charge in [-0.1, -0.05) is 61.2 Å². The Hall–Kier alpha value is -2.39. The molecule has 2 rings (SSSR count). The van der Waals surface area contributed by atoms with Gasteiger partial charge < -0.3 is 10.2 Å². The number of rotatable bonds is 3. The second-order valence-electron chi connectivity index (χ2n) is 4.31. The fraction of sp³-hybridized carbons (Fsp3) is 0.118. The van der Waals surface area contributed by atoms with Crippen LogP contribution in [0.15, 0.2) is 66.7 Å². The Morgan fingerprint density at radius 1 is 1.00 bits per heavy atom. The number of benzene rings is 2. The van der Waals surface area contributed by atoms with Crippen LogP contribution in [-0.2, 0) is 11.4 Å². The van der Waals surface area contributed by atoms with E-state index in [4.69, 9.17) is 10.2 Å². The molecule has 0 heterocycles. The highest BCUT2D eigenvalue weighted by molar-refractivity contribution is 5.84. The average molecular weight is 270 g/mol. The number of carbonyl (C=O) groups is 1. The second kappa shape index (κ2) is 7.92. The van der Waals surface area contributed by atoms with E-state index >= 15 is 0 Å². The van der Waals surface area contributed by atoms with Crippen LogP contribution in [0.4, 0.5) is 0 Å². The van der Waals surface area contributed by atoms with Crippen LogP contribution in [0.2, 0.25) is 0 Å². The molecule has 0 radical (unpaired) electrons.